The van der Waals surface area contributed by atoms with Crippen molar-refractivity contribution in [2.75, 3.05) is 0 Å². The van der Waals surface area contributed by atoms with E-state index in [9.17, 15) is 4.79 Å². The van der Waals surface area contributed by atoms with Crippen molar-refractivity contribution in [2.24, 2.45) is 0 Å². The molecular formula is C26H34ClN3O. The van der Waals surface area contributed by atoms with E-state index in [-0.39, 0.29) is 5.91 Å². The third-order valence-electron chi connectivity index (χ3n) is 7.61. The van der Waals surface area contributed by atoms with Crippen LogP contribution in [0.5, 0.6) is 0 Å². The van der Waals surface area contributed by atoms with Gasteiger partial charge in [-0.25, -0.2) is 0 Å². The number of nitrogens with one attached hydrogen (secondary N) is 1. The highest BCUT2D eigenvalue weighted by molar-refractivity contribution is 6.30. The number of benzene rings is 1. The molecule has 0 spiro atoms. The van der Waals surface area contributed by atoms with E-state index < -0.39 is 0 Å². The standard InChI is InChI=1S/C26H34ClN3O/c27-20-10-6-8-18(17-20)16-19-9-4-5-15-23-24(26(31)28-21-11-7-12-21)29-30(25(19)23)22-13-2-1-3-14-22/h6,8,10,17,19,21-22H,1-5,7,9,11-16H2,(H,28,31). The molecule has 1 atom stereocenters. The Morgan fingerprint density at radius 3 is 2.58 bits per heavy atom. The number of hydrogen-bond donors (Lipinski definition) is 1. The third-order valence-corrected chi connectivity index (χ3v) is 7.85. The van der Waals surface area contributed by atoms with E-state index in [0.717, 1.165) is 43.5 Å². The van der Waals surface area contributed by atoms with Gasteiger partial charge in [-0.15, -0.1) is 0 Å². The van der Waals surface area contributed by atoms with E-state index in [1.807, 2.05) is 12.1 Å². The van der Waals surface area contributed by atoms with Gasteiger partial charge in [0.2, 0.25) is 0 Å². The maximum absolute atomic E-state index is 13.2. The Bertz CT molecular complexity index is 927. The minimum absolute atomic E-state index is 0.0546. The molecular weight excluding hydrogens is 406 g/mol. The minimum atomic E-state index is 0.0546. The van der Waals surface area contributed by atoms with Crippen LogP contribution in [0.15, 0.2) is 24.3 Å². The van der Waals surface area contributed by atoms with E-state index in [0.29, 0.717) is 23.7 Å². The first-order valence-corrected chi connectivity index (χ1v) is 12.7. The van der Waals surface area contributed by atoms with Crippen LogP contribution in [-0.4, -0.2) is 21.7 Å². The molecule has 4 nitrogen and oxygen atoms in total. The van der Waals surface area contributed by atoms with Gasteiger partial charge in [0, 0.05) is 28.2 Å². The molecule has 3 aliphatic carbocycles. The number of aromatic nitrogens is 2. The van der Waals surface area contributed by atoms with Crippen LogP contribution in [0.2, 0.25) is 5.02 Å². The van der Waals surface area contributed by atoms with Crippen LogP contribution in [-0.2, 0) is 12.8 Å². The predicted molar refractivity (Wildman–Crippen MR) is 125 cm³/mol. The van der Waals surface area contributed by atoms with Crippen molar-refractivity contribution >= 4 is 17.5 Å². The van der Waals surface area contributed by atoms with Crippen molar-refractivity contribution in [3.8, 4) is 0 Å². The Morgan fingerprint density at radius 2 is 1.84 bits per heavy atom. The zero-order valence-corrected chi connectivity index (χ0v) is 19.2. The number of rotatable bonds is 5. The molecule has 1 aromatic heterocycles. The molecule has 31 heavy (non-hydrogen) atoms. The van der Waals surface area contributed by atoms with Crippen LogP contribution in [0.1, 0.15) is 110 Å². The van der Waals surface area contributed by atoms with Gasteiger partial charge in [-0.1, -0.05) is 49.4 Å². The Balaban J connectivity index is 1.52. The van der Waals surface area contributed by atoms with Crippen molar-refractivity contribution < 1.29 is 4.79 Å². The summed E-state index contributed by atoms with van der Waals surface area (Å²) in [5, 5.41) is 9.11. The number of carbonyl (C=O) groups excluding carboxylic acids is 1. The Hall–Kier alpha value is -1.81. The molecule has 1 amide bonds. The first-order valence-electron chi connectivity index (χ1n) is 12.4. The first-order chi connectivity index (χ1) is 15.2. The van der Waals surface area contributed by atoms with Crippen molar-refractivity contribution in [3.05, 3.63) is 51.8 Å². The summed E-state index contributed by atoms with van der Waals surface area (Å²) in [6.07, 6.45) is 15.1. The fourth-order valence-corrected chi connectivity index (χ4v) is 5.94. The fraction of sp³-hybridized carbons (Fsp3) is 0.615. The molecule has 1 N–H and O–H groups in total. The quantitative estimate of drug-likeness (QED) is 0.549. The van der Waals surface area contributed by atoms with Crippen molar-refractivity contribution in [1.29, 1.82) is 0 Å². The zero-order chi connectivity index (χ0) is 21.2. The summed E-state index contributed by atoms with van der Waals surface area (Å²) in [4.78, 5) is 13.2. The second-order valence-electron chi connectivity index (χ2n) is 9.83. The summed E-state index contributed by atoms with van der Waals surface area (Å²) in [7, 11) is 0. The largest absolute Gasteiger partial charge is 0.348 e. The summed E-state index contributed by atoms with van der Waals surface area (Å²) < 4.78 is 2.31. The summed E-state index contributed by atoms with van der Waals surface area (Å²) in [5.74, 6) is 0.453. The predicted octanol–water partition coefficient (Wildman–Crippen LogP) is 6.38. The van der Waals surface area contributed by atoms with Gasteiger partial charge in [0.05, 0.1) is 6.04 Å². The molecule has 2 aromatic rings. The van der Waals surface area contributed by atoms with Crippen LogP contribution in [0, 0.1) is 0 Å². The lowest BCUT2D eigenvalue weighted by molar-refractivity contribution is 0.0909. The topological polar surface area (TPSA) is 46.9 Å². The number of fused-ring (bicyclic) bond motifs is 1. The SMILES string of the molecule is O=C(NC1CCC1)c1nn(C2CCCCC2)c2c1CCCCC2Cc1cccc(Cl)c1. The molecule has 1 unspecified atom stereocenters. The Kier molecular flexibility index (Phi) is 6.36. The number of amides is 1. The molecule has 2 saturated carbocycles. The molecule has 0 radical (unpaired) electrons. The van der Waals surface area contributed by atoms with Gasteiger partial charge in [0.1, 0.15) is 0 Å². The molecule has 2 fully saturated rings. The Morgan fingerprint density at radius 1 is 1.03 bits per heavy atom. The lowest BCUT2D eigenvalue weighted by atomic mass is 9.89. The lowest BCUT2D eigenvalue weighted by Crippen LogP contribution is -2.40. The molecule has 0 bridgehead atoms. The van der Waals surface area contributed by atoms with Gasteiger partial charge in [0.15, 0.2) is 5.69 Å². The highest BCUT2D eigenvalue weighted by Crippen LogP contribution is 2.39. The summed E-state index contributed by atoms with van der Waals surface area (Å²) in [6.45, 7) is 0. The van der Waals surface area contributed by atoms with E-state index in [1.165, 1.54) is 61.8 Å². The Labute approximate surface area is 190 Å². The van der Waals surface area contributed by atoms with Gasteiger partial charge in [0.25, 0.3) is 5.91 Å². The molecule has 166 valence electrons. The fourth-order valence-electron chi connectivity index (χ4n) is 5.73. The zero-order valence-electron chi connectivity index (χ0n) is 18.4. The van der Waals surface area contributed by atoms with Gasteiger partial charge >= 0.3 is 0 Å². The number of carbonyl (C=O) groups is 1. The van der Waals surface area contributed by atoms with Crippen molar-refractivity contribution in [2.45, 2.75) is 101 Å². The normalized spacial score (nSPS) is 22.4. The minimum Gasteiger partial charge on any atom is -0.348 e. The molecule has 5 heteroatoms. The molecule has 0 saturated heterocycles. The van der Waals surface area contributed by atoms with Gasteiger partial charge in [-0.3, -0.25) is 9.48 Å². The molecule has 5 rings (SSSR count). The van der Waals surface area contributed by atoms with E-state index >= 15 is 0 Å². The van der Waals surface area contributed by atoms with E-state index in [4.69, 9.17) is 16.7 Å². The van der Waals surface area contributed by atoms with E-state index in [1.54, 1.807) is 0 Å². The number of nitrogens with zero attached hydrogens (tertiary/aromatic N) is 2. The van der Waals surface area contributed by atoms with Crippen LogP contribution in [0.4, 0.5) is 0 Å². The van der Waals surface area contributed by atoms with Crippen LogP contribution >= 0.6 is 11.6 Å². The van der Waals surface area contributed by atoms with Crippen LogP contribution < -0.4 is 5.32 Å². The van der Waals surface area contributed by atoms with Gasteiger partial charge in [-0.05, 0) is 75.5 Å². The number of halogens is 1. The average molecular weight is 440 g/mol. The third kappa shape index (κ3) is 4.55. The summed E-state index contributed by atoms with van der Waals surface area (Å²) in [5.41, 5.74) is 4.57. The smallest absolute Gasteiger partial charge is 0.272 e. The first kappa shape index (κ1) is 21.1. The monoisotopic (exact) mass is 439 g/mol. The lowest BCUT2D eigenvalue weighted by Gasteiger charge is -2.27. The maximum atomic E-state index is 13.2. The van der Waals surface area contributed by atoms with Crippen molar-refractivity contribution in [3.63, 3.8) is 0 Å². The highest BCUT2D eigenvalue weighted by Gasteiger charge is 2.33. The molecule has 1 aromatic carbocycles. The second-order valence-corrected chi connectivity index (χ2v) is 10.3. The maximum Gasteiger partial charge on any atom is 0.272 e. The highest BCUT2D eigenvalue weighted by atomic mass is 35.5. The molecule has 1 heterocycles. The molecule has 3 aliphatic rings. The number of hydrogen-bond acceptors (Lipinski definition) is 2. The molecule has 0 aliphatic heterocycles. The van der Waals surface area contributed by atoms with Crippen LogP contribution in [0.3, 0.4) is 0 Å². The summed E-state index contributed by atoms with van der Waals surface area (Å²) >= 11 is 6.29. The van der Waals surface area contributed by atoms with Gasteiger partial charge in [-0.2, -0.15) is 5.10 Å². The van der Waals surface area contributed by atoms with Crippen molar-refractivity contribution in [1.82, 2.24) is 15.1 Å². The second kappa shape index (κ2) is 9.36. The average Bonchev–Trinajstić information content (AvgIpc) is 3.01. The van der Waals surface area contributed by atoms with Gasteiger partial charge < -0.3 is 5.32 Å². The van der Waals surface area contributed by atoms with E-state index in [2.05, 4.69) is 22.1 Å². The van der Waals surface area contributed by atoms with Crippen LogP contribution in [0.25, 0.3) is 0 Å². The summed E-state index contributed by atoms with van der Waals surface area (Å²) in [6, 6.07) is 9.05.